The maximum absolute atomic E-state index is 15.6. The van der Waals surface area contributed by atoms with E-state index >= 15 is 8.78 Å². The van der Waals surface area contributed by atoms with E-state index in [4.69, 9.17) is 4.99 Å². The molecule has 0 radical (unpaired) electrons. The van der Waals surface area contributed by atoms with Gasteiger partial charge in [0.25, 0.3) is 0 Å². The lowest BCUT2D eigenvalue weighted by Gasteiger charge is -2.14. The molecule has 0 atom stereocenters. The minimum Gasteiger partial charge on any atom is -0.354 e. The van der Waals surface area contributed by atoms with Crippen molar-refractivity contribution in [3.63, 3.8) is 0 Å². The Morgan fingerprint density at radius 3 is 1.44 bits per heavy atom. The highest BCUT2D eigenvalue weighted by atomic mass is 19.2. The lowest BCUT2D eigenvalue weighted by atomic mass is 9.91. The number of aliphatic imine (C=N–C) groups is 1. The van der Waals surface area contributed by atoms with E-state index in [-0.39, 0.29) is 16.6 Å². The van der Waals surface area contributed by atoms with Crippen LogP contribution in [-0.2, 0) is 0 Å². The summed E-state index contributed by atoms with van der Waals surface area (Å²) in [6.07, 6.45) is 3.22. The molecule has 0 fully saturated rings. The van der Waals surface area contributed by atoms with Crippen LogP contribution in [0.1, 0.15) is 27.8 Å². The summed E-state index contributed by atoms with van der Waals surface area (Å²) in [6.45, 7) is 0. The van der Waals surface area contributed by atoms with E-state index in [9.17, 15) is 13.2 Å². The number of nitrogens with zero attached hydrogens (tertiary/aromatic N) is 1. The Hall–Kier alpha value is -6.08. The number of aromatic amines is 1. The van der Waals surface area contributed by atoms with Crippen LogP contribution in [0.5, 0.6) is 0 Å². The molecule has 0 unspecified atom stereocenters. The van der Waals surface area contributed by atoms with Crippen LogP contribution in [0.25, 0.3) is 27.8 Å². The topological polar surface area (TPSA) is 28.1 Å². The van der Waals surface area contributed by atoms with Gasteiger partial charge < -0.3 is 4.98 Å². The van der Waals surface area contributed by atoms with Crippen LogP contribution in [0.3, 0.4) is 0 Å². The number of fused-ring (bicyclic) bond motifs is 8. The summed E-state index contributed by atoms with van der Waals surface area (Å²) < 4.78 is 75.0. The second-order valence-electron chi connectivity index (χ2n) is 11.5. The van der Waals surface area contributed by atoms with Crippen molar-refractivity contribution in [3.8, 4) is 11.1 Å². The standard InChI is InChI=1S/C41H23F5N2/c42-37-36(38(43)40(45)41(46)39(37)44)35-31-19-17-29(47-31)33(23-9-3-1-4-10-23)27-15-7-13-25(21-27)26-14-8-16-28(22-26)34(24-11-5-2-6-12-24)30-18-20-32(35)48-30/h1-22,47H. The van der Waals surface area contributed by atoms with Crippen LogP contribution >= 0.6 is 0 Å². The molecular weight excluding hydrogens is 615 g/mol. The first-order chi connectivity index (χ1) is 23.4. The van der Waals surface area contributed by atoms with Crippen molar-refractivity contribution in [1.82, 2.24) is 4.98 Å². The maximum atomic E-state index is 15.6. The first-order valence-corrected chi connectivity index (χ1v) is 15.2. The Morgan fingerprint density at radius 1 is 0.396 bits per heavy atom. The third-order valence-electron chi connectivity index (χ3n) is 8.60. The van der Waals surface area contributed by atoms with E-state index in [2.05, 4.69) is 17.1 Å². The van der Waals surface area contributed by atoms with Crippen molar-refractivity contribution in [3.05, 3.63) is 207 Å². The lowest BCUT2D eigenvalue weighted by Crippen LogP contribution is -2.22. The van der Waals surface area contributed by atoms with Crippen LogP contribution < -0.4 is 10.7 Å². The second-order valence-corrected chi connectivity index (χ2v) is 11.5. The Morgan fingerprint density at radius 2 is 0.854 bits per heavy atom. The Bertz CT molecular complexity index is 2460. The highest BCUT2D eigenvalue weighted by Crippen LogP contribution is 2.36. The third-order valence-corrected chi connectivity index (χ3v) is 8.60. The number of hydrogen-bond donors (Lipinski definition) is 1. The van der Waals surface area contributed by atoms with Crippen LogP contribution in [-0.4, -0.2) is 10.7 Å². The van der Waals surface area contributed by atoms with Crippen molar-refractivity contribution in [2.24, 2.45) is 4.99 Å². The van der Waals surface area contributed by atoms with Gasteiger partial charge in [-0.3, -0.25) is 0 Å². The number of H-pyrrole nitrogens is 1. The van der Waals surface area contributed by atoms with Gasteiger partial charge in [-0.2, -0.15) is 0 Å². The van der Waals surface area contributed by atoms with Gasteiger partial charge in [-0.1, -0.05) is 97.1 Å². The van der Waals surface area contributed by atoms with E-state index in [1.54, 1.807) is 18.2 Å². The number of nitrogens with one attached hydrogen (secondary N) is 1. The number of rotatable bonds is 3. The Balaban J connectivity index is 1.56. The molecule has 2 nitrogen and oxygen atoms in total. The first kappa shape index (κ1) is 29.3. The fourth-order valence-corrected chi connectivity index (χ4v) is 6.41. The minimum atomic E-state index is -2.23. The number of aromatic nitrogens is 1. The van der Waals surface area contributed by atoms with Gasteiger partial charge in [0, 0.05) is 27.4 Å². The summed E-state index contributed by atoms with van der Waals surface area (Å²) >= 11 is 0. The van der Waals surface area contributed by atoms with Crippen LogP contribution in [0, 0.1) is 29.1 Å². The zero-order chi connectivity index (χ0) is 32.9. The molecule has 8 bridgehead atoms. The SMILES string of the molecule is Fc1c(F)c(F)c(C2=c3ccc([nH]3)=C(c3ccccc3)c3cccc(c3)-c3cccc(c3)C(c3ccccc3)=C3C=CC2=N3)c(F)c1F. The molecule has 0 saturated heterocycles. The smallest absolute Gasteiger partial charge is 0.200 e. The summed E-state index contributed by atoms with van der Waals surface area (Å²) in [4.78, 5) is 8.07. The molecule has 2 aliphatic rings. The lowest BCUT2D eigenvalue weighted by molar-refractivity contribution is 0.376. The maximum Gasteiger partial charge on any atom is 0.200 e. The number of benzene rings is 5. The normalized spacial score (nSPS) is 13.8. The van der Waals surface area contributed by atoms with Crippen LogP contribution in [0.15, 0.2) is 144 Å². The van der Waals surface area contributed by atoms with Gasteiger partial charge in [0.05, 0.1) is 17.0 Å². The van der Waals surface area contributed by atoms with E-state index < -0.39 is 34.6 Å². The predicted molar refractivity (Wildman–Crippen MR) is 178 cm³/mol. The summed E-state index contributed by atoms with van der Waals surface area (Å²) in [5.41, 5.74) is 5.95. The zero-order valence-electron chi connectivity index (χ0n) is 25.0. The van der Waals surface area contributed by atoms with Gasteiger partial charge >= 0.3 is 0 Å². The molecule has 1 aromatic heterocycles. The van der Waals surface area contributed by atoms with Gasteiger partial charge in [-0.25, -0.2) is 26.9 Å². The molecule has 0 amide bonds. The molecule has 5 aromatic carbocycles. The Labute approximate surface area is 271 Å². The highest BCUT2D eigenvalue weighted by molar-refractivity contribution is 6.30. The quantitative estimate of drug-likeness (QED) is 0.114. The van der Waals surface area contributed by atoms with E-state index in [1.807, 2.05) is 97.1 Å². The third kappa shape index (κ3) is 4.83. The molecule has 7 heteroatoms. The van der Waals surface area contributed by atoms with Gasteiger partial charge in [0.15, 0.2) is 23.3 Å². The molecular formula is C41H23F5N2. The highest BCUT2D eigenvalue weighted by Gasteiger charge is 2.31. The molecule has 0 spiro atoms. The number of halogens is 5. The van der Waals surface area contributed by atoms with Crippen molar-refractivity contribution < 1.29 is 22.0 Å². The van der Waals surface area contributed by atoms with E-state index in [1.165, 1.54) is 6.08 Å². The Kier molecular flexibility index (Phi) is 7.10. The van der Waals surface area contributed by atoms with Gasteiger partial charge in [-0.15, -0.1) is 0 Å². The molecule has 48 heavy (non-hydrogen) atoms. The molecule has 1 N–H and O–H groups in total. The van der Waals surface area contributed by atoms with Crippen molar-refractivity contribution in [1.29, 1.82) is 0 Å². The van der Waals surface area contributed by atoms with Crippen molar-refractivity contribution >= 4 is 22.4 Å². The first-order valence-electron chi connectivity index (χ1n) is 15.2. The largest absolute Gasteiger partial charge is 0.354 e. The van der Waals surface area contributed by atoms with Crippen LogP contribution in [0.4, 0.5) is 22.0 Å². The predicted octanol–water partition coefficient (Wildman–Crippen LogP) is 8.61. The molecule has 8 rings (SSSR count). The zero-order valence-corrected chi connectivity index (χ0v) is 25.0. The molecule has 0 saturated carbocycles. The fourth-order valence-electron chi connectivity index (χ4n) is 6.41. The van der Waals surface area contributed by atoms with Crippen LogP contribution in [0.2, 0.25) is 0 Å². The molecule has 0 aliphatic carbocycles. The van der Waals surface area contributed by atoms with E-state index in [0.717, 1.165) is 44.5 Å². The summed E-state index contributed by atoms with van der Waals surface area (Å²) in [6, 6.07) is 38.4. The molecule has 2 aliphatic heterocycles. The molecule has 232 valence electrons. The van der Waals surface area contributed by atoms with Crippen molar-refractivity contribution in [2.45, 2.75) is 0 Å². The molecule has 3 heterocycles. The van der Waals surface area contributed by atoms with Gasteiger partial charge in [-0.05, 0) is 69.8 Å². The van der Waals surface area contributed by atoms with Crippen molar-refractivity contribution in [2.75, 3.05) is 0 Å². The summed E-state index contributed by atoms with van der Waals surface area (Å²) in [7, 11) is 0. The van der Waals surface area contributed by atoms with Gasteiger partial charge in [0.1, 0.15) is 0 Å². The molecule has 6 aromatic rings. The fraction of sp³-hybridized carbons (Fsp3) is 0. The van der Waals surface area contributed by atoms with E-state index in [0.29, 0.717) is 11.0 Å². The monoisotopic (exact) mass is 638 g/mol. The minimum absolute atomic E-state index is 0.0305. The number of allylic oxidation sites excluding steroid dienone is 2. The van der Waals surface area contributed by atoms with Gasteiger partial charge in [0.2, 0.25) is 5.82 Å². The summed E-state index contributed by atoms with van der Waals surface area (Å²) in [5, 5.41) is 0.695. The second kappa shape index (κ2) is 11.6. The number of hydrogen-bond acceptors (Lipinski definition) is 1. The average Bonchev–Trinajstić information content (AvgIpc) is 3.80. The summed E-state index contributed by atoms with van der Waals surface area (Å²) in [5.74, 6) is -10.2. The average molecular weight is 639 g/mol.